The summed E-state index contributed by atoms with van der Waals surface area (Å²) < 4.78 is 46.8. The zero-order valence-electron chi connectivity index (χ0n) is 6.87. The molecular formula is C7H12F4Si. The lowest BCUT2D eigenvalue weighted by Gasteiger charge is -2.07. The van der Waals surface area contributed by atoms with Crippen LogP contribution in [0, 0.1) is 5.92 Å². The summed E-state index contributed by atoms with van der Waals surface area (Å²) in [6.45, 7) is 1.69. The number of hydrogen-bond donors (Lipinski definition) is 0. The van der Waals surface area contributed by atoms with E-state index in [-0.39, 0.29) is 12.3 Å². The average Bonchev–Trinajstić information content (AvgIpc) is 1.95. The molecule has 0 aliphatic carbocycles. The molecule has 0 saturated heterocycles. The highest BCUT2D eigenvalue weighted by atomic mass is 28.5. The molecule has 0 aliphatic heterocycles. The third kappa shape index (κ3) is 7.78. The van der Waals surface area contributed by atoms with Gasteiger partial charge in [0.25, 0.3) is 0 Å². The van der Waals surface area contributed by atoms with Crippen LogP contribution in [0.4, 0.5) is 16.7 Å². The van der Waals surface area contributed by atoms with Crippen molar-refractivity contribution in [1.29, 1.82) is 0 Å². The van der Waals surface area contributed by atoms with E-state index < -0.39 is 15.1 Å². The fraction of sp³-hybridized carbons (Fsp3) is 0.714. The Hall–Kier alpha value is -0.323. The van der Waals surface area contributed by atoms with Gasteiger partial charge in [-0.15, -0.1) is 0 Å². The Balaban J connectivity index is 3.50. The molecular weight excluding hydrogens is 188 g/mol. The first-order chi connectivity index (χ1) is 5.45. The molecule has 0 rings (SSSR count). The van der Waals surface area contributed by atoms with E-state index in [4.69, 9.17) is 0 Å². The standard InChI is InChI=1S/C7H12F4Si/c1-7(3-2-5-8)4-6-12(9,10)11/h2,5,7H,3-4,6H2,1H3. The molecule has 0 N–H and O–H groups in total. The van der Waals surface area contributed by atoms with E-state index >= 15 is 0 Å². The van der Waals surface area contributed by atoms with Crippen LogP contribution < -0.4 is 0 Å². The first-order valence-corrected chi connectivity index (χ1v) is 5.62. The minimum absolute atomic E-state index is 0.0777. The summed E-state index contributed by atoms with van der Waals surface area (Å²) in [6, 6.07) is -0.645. The molecule has 5 heteroatoms. The lowest BCUT2D eigenvalue weighted by molar-refractivity contribution is 0.443. The van der Waals surface area contributed by atoms with Crippen LogP contribution in [0.5, 0.6) is 0 Å². The van der Waals surface area contributed by atoms with Crippen LogP contribution in [0.2, 0.25) is 6.04 Å². The Morgan fingerprint density at radius 2 is 1.92 bits per heavy atom. The van der Waals surface area contributed by atoms with Gasteiger partial charge in [0.2, 0.25) is 0 Å². The second-order valence-electron chi connectivity index (χ2n) is 2.86. The molecule has 0 fully saturated rings. The highest BCUT2D eigenvalue weighted by Crippen LogP contribution is 2.22. The van der Waals surface area contributed by atoms with Crippen LogP contribution in [-0.4, -0.2) is 9.08 Å². The summed E-state index contributed by atoms with van der Waals surface area (Å²) >= 11 is 0. The molecule has 1 unspecified atom stereocenters. The lowest BCUT2D eigenvalue weighted by Crippen LogP contribution is -2.15. The molecule has 0 spiro atoms. The van der Waals surface area contributed by atoms with Crippen LogP contribution in [0.3, 0.4) is 0 Å². The van der Waals surface area contributed by atoms with E-state index in [0.717, 1.165) is 0 Å². The Labute approximate surface area is 70.8 Å². The number of allylic oxidation sites excluding steroid dienone is 1. The summed E-state index contributed by atoms with van der Waals surface area (Å²) in [5.74, 6) is -0.0777. The molecule has 0 heterocycles. The van der Waals surface area contributed by atoms with Crippen LogP contribution in [0.15, 0.2) is 12.4 Å². The summed E-state index contributed by atoms with van der Waals surface area (Å²) in [6.07, 6.45) is 2.14. The predicted molar refractivity (Wildman–Crippen MR) is 42.5 cm³/mol. The molecule has 0 aromatic carbocycles. The zero-order valence-corrected chi connectivity index (χ0v) is 7.87. The first kappa shape index (κ1) is 11.7. The Bertz CT molecular complexity index is 141. The van der Waals surface area contributed by atoms with Crippen LogP contribution in [0.25, 0.3) is 0 Å². The van der Waals surface area contributed by atoms with Gasteiger partial charge in [-0.2, -0.15) is 0 Å². The van der Waals surface area contributed by atoms with E-state index in [1.165, 1.54) is 6.08 Å². The summed E-state index contributed by atoms with van der Waals surface area (Å²) in [5.41, 5.74) is 0. The van der Waals surface area contributed by atoms with Crippen molar-refractivity contribution < 1.29 is 16.7 Å². The second-order valence-corrected chi connectivity index (χ2v) is 4.59. The third-order valence-electron chi connectivity index (χ3n) is 1.55. The maximum atomic E-state index is 11.8. The Morgan fingerprint density at radius 1 is 1.33 bits per heavy atom. The van der Waals surface area contributed by atoms with Crippen LogP contribution in [-0.2, 0) is 0 Å². The molecule has 0 aromatic heterocycles. The van der Waals surface area contributed by atoms with Gasteiger partial charge in [0.05, 0.1) is 6.33 Å². The van der Waals surface area contributed by atoms with E-state index in [1.807, 2.05) is 0 Å². The van der Waals surface area contributed by atoms with Gasteiger partial charge in [-0.3, -0.25) is 0 Å². The maximum absolute atomic E-state index is 11.8. The van der Waals surface area contributed by atoms with E-state index in [1.54, 1.807) is 6.92 Å². The molecule has 12 heavy (non-hydrogen) atoms. The minimum atomic E-state index is -5.38. The van der Waals surface area contributed by atoms with Crippen LogP contribution in [0.1, 0.15) is 19.8 Å². The van der Waals surface area contributed by atoms with Gasteiger partial charge in [-0.1, -0.05) is 13.0 Å². The molecule has 0 bridgehead atoms. The van der Waals surface area contributed by atoms with Gasteiger partial charge < -0.3 is 0 Å². The van der Waals surface area contributed by atoms with Gasteiger partial charge in [0.15, 0.2) is 0 Å². The molecule has 0 aromatic rings. The van der Waals surface area contributed by atoms with Crippen molar-refractivity contribution in [3.8, 4) is 0 Å². The van der Waals surface area contributed by atoms with E-state index in [9.17, 15) is 16.7 Å². The van der Waals surface area contributed by atoms with Gasteiger partial charge in [0, 0.05) is 6.04 Å². The molecule has 0 aliphatic rings. The first-order valence-electron chi connectivity index (χ1n) is 3.77. The monoisotopic (exact) mass is 200 g/mol. The SMILES string of the molecule is CC(CC=CF)CC[Si](F)(F)F. The molecule has 0 amide bonds. The topological polar surface area (TPSA) is 0 Å². The van der Waals surface area contributed by atoms with Gasteiger partial charge in [-0.05, 0) is 18.8 Å². The lowest BCUT2D eigenvalue weighted by atomic mass is 10.1. The number of rotatable bonds is 5. The van der Waals surface area contributed by atoms with Crippen molar-refractivity contribution in [2.24, 2.45) is 5.92 Å². The van der Waals surface area contributed by atoms with E-state index in [0.29, 0.717) is 12.8 Å². The molecule has 72 valence electrons. The Kier molecular flexibility index (Phi) is 5.20. The van der Waals surface area contributed by atoms with Gasteiger partial charge >= 0.3 is 9.08 Å². The van der Waals surface area contributed by atoms with Crippen LogP contribution >= 0.6 is 0 Å². The smallest absolute Gasteiger partial charge is 0.238 e. The fourth-order valence-electron chi connectivity index (χ4n) is 0.812. The summed E-state index contributed by atoms with van der Waals surface area (Å²) in [5, 5.41) is 0. The number of hydrogen-bond acceptors (Lipinski definition) is 0. The van der Waals surface area contributed by atoms with Gasteiger partial charge in [-0.25, -0.2) is 16.7 Å². The largest absolute Gasteiger partial charge is 0.616 e. The molecule has 1 atom stereocenters. The molecule has 0 saturated carbocycles. The second kappa shape index (κ2) is 5.34. The predicted octanol–water partition coefficient (Wildman–Crippen LogP) is 3.73. The highest BCUT2D eigenvalue weighted by Gasteiger charge is 2.35. The molecule has 0 radical (unpaired) electrons. The normalized spacial score (nSPS) is 15.4. The quantitative estimate of drug-likeness (QED) is 0.360. The third-order valence-corrected chi connectivity index (χ3v) is 2.40. The van der Waals surface area contributed by atoms with Crippen molar-refractivity contribution >= 4 is 9.08 Å². The summed E-state index contributed by atoms with van der Waals surface area (Å²) in [4.78, 5) is 0. The maximum Gasteiger partial charge on any atom is 0.616 e. The molecule has 0 nitrogen and oxygen atoms in total. The average molecular weight is 200 g/mol. The van der Waals surface area contributed by atoms with Gasteiger partial charge in [0.1, 0.15) is 0 Å². The minimum Gasteiger partial charge on any atom is -0.238 e. The zero-order chi connectivity index (χ0) is 9.61. The number of halogens is 4. The summed E-state index contributed by atoms with van der Waals surface area (Å²) in [7, 11) is -5.38. The fourth-order valence-corrected chi connectivity index (χ4v) is 1.63. The van der Waals surface area contributed by atoms with Crippen molar-refractivity contribution in [3.63, 3.8) is 0 Å². The Morgan fingerprint density at radius 3 is 2.33 bits per heavy atom. The highest BCUT2D eigenvalue weighted by molar-refractivity contribution is 6.58. The van der Waals surface area contributed by atoms with Crippen molar-refractivity contribution in [2.75, 3.05) is 0 Å². The van der Waals surface area contributed by atoms with Crippen molar-refractivity contribution in [3.05, 3.63) is 12.4 Å². The van der Waals surface area contributed by atoms with Crippen molar-refractivity contribution in [2.45, 2.75) is 25.8 Å². The van der Waals surface area contributed by atoms with E-state index in [2.05, 4.69) is 0 Å². The van der Waals surface area contributed by atoms with Crippen molar-refractivity contribution in [1.82, 2.24) is 0 Å².